The summed E-state index contributed by atoms with van der Waals surface area (Å²) in [4.78, 5) is 16.7. The Morgan fingerprint density at radius 2 is 2.04 bits per heavy atom. The van der Waals surface area contributed by atoms with E-state index in [9.17, 15) is 4.79 Å². The molecule has 1 N–H and O–H groups in total. The Labute approximate surface area is 139 Å². The molecule has 2 aromatic rings. The Morgan fingerprint density at radius 1 is 1.26 bits per heavy atom. The van der Waals surface area contributed by atoms with Crippen LogP contribution < -0.4 is 10.1 Å². The van der Waals surface area contributed by atoms with Crippen molar-refractivity contribution in [2.45, 2.75) is 6.92 Å². The number of hydrogen-bond donors (Lipinski definition) is 1. The van der Waals surface area contributed by atoms with Crippen molar-refractivity contribution in [3.8, 4) is 5.75 Å². The second-order valence-electron chi connectivity index (χ2n) is 4.54. The predicted octanol–water partition coefficient (Wildman–Crippen LogP) is 3.73. The highest BCUT2D eigenvalue weighted by molar-refractivity contribution is 6.30. The van der Waals surface area contributed by atoms with E-state index in [4.69, 9.17) is 21.2 Å². The minimum Gasteiger partial charge on any atom is -0.493 e. The minimum atomic E-state index is -0.288. The molecule has 0 aliphatic carbocycles. The molecule has 23 heavy (non-hydrogen) atoms. The quantitative estimate of drug-likeness (QED) is 0.621. The third kappa shape index (κ3) is 5.64. The molecule has 0 aromatic heterocycles. The summed E-state index contributed by atoms with van der Waals surface area (Å²) in [6.07, 6.45) is 1.46. The maximum atomic E-state index is 11.7. The molecule has 0 bridgehead atoms. The molecule has 0 saturated carbocycles. The van der Waals surface area contributed by atoms with Gasteiger partial charge in [-0.25, -0.2) is 0 Å². The van der Waals surface area contributed by atoms with Gasteiger partial charge in [0.15, 0.2) is 6.61 Å². The van der Waals surface area contributed by atoms with E-state index in [2.05, 4.69) is 10.5 Å². The van der Waals surface area contributed by atoms with E-state index in [0.717, 1.165) is 0 Å². The molecular formula is C17H17ClN2O3. The number of benzene rings is 2. The summed E-state index contributed by atoms with van der Waals surface area (Å²) in [6, 6.07) is 14.3. The average molecular weight is 333 g/mol. The SMILES string of the molecule is CCOc1ccc(Cl)cc1C=NOCC(=O)Nc1ccccc1. The molecule has 0 fully saturated rings. The number of amides is 1. The van der Waals surface area contributed by atoms with Gasteiger partial charge in [0.05, 0.1) is 12.8 Å². The standard InChI is InChI=1S/C17H17ClN2O3/c1-2-22-16-9-8-14(18)10-13(16)11-19-23-12-17(21)20-15-6-4-3-5-7-15/h3-11H,2,12H2,1H3,(H,20,21). The zero-order chi connectivity index (χ0) is 16.5. The van der Waals surface area contributed by atoms with E-state index < -0.39 is 0 Å². The molecule has 1 amide bonds. The topological polar surface area (TPSA) is 59.9 Å². The van der Waals surface area contributed by atoms with Gasteiger partial charge in [0, 0.05) is 16.3 Å². The minimum absolute atomic E-state index is 0.185. The predicted molar refractivity (Wildman–Crippen MR) is 91.2 cm³/mol. The van der Waals surface area contributed by atoms with Crippen LogP contribution in [-0.2, 0) is 9.63 Å². The molecule has 5 nitrogen and oxygen atoms in total. The van der Waals surface area contributed by atoms with Crippen LogP contribution in [0.25, 0.3) is 0 Å². The Kier molecular flexibility index (Phi) is 6.44. The number of ether oxygens (including phenoxy) is 1. The summed E-state index contributed by atoms with van der Waals surface area (Å²) in [7, 11) is 0. The van der Waals surface area contributed by atoms with Crippen molar-refractivity contribution in [3.63, 3.8) is 0 Å². The number of nitrogens with one attached hydrogen (secondary N) is 1. The molecule has 0 spiro atoms. The van der Waals surface area contributed by atoms with E-state index in [0.29, 0.717) is 28.6 Å². The molecule has 0 aliphatic heterocycles. The summed E-state index contributed by atoms with van der Waals surface area (Å²) < 4.78 is 5.46. The number of nitrogens with zero attached hydrogens (tertiary/aromatic N) is 1. The maximum absolute atomic E-state index is 11.7. The van der Waals surface area contributed by atoms with Crippen molar-refractivity contribution in [3.05, 3.63) is 59.1 Å². The third-order valence-corrected chi connectivity index (χ3v) is 3.03. The van der Waals surface area contributed by atoms with Crippen molar-refractivity contribution in [2.75, 3.05) is 18.5 Å². The molecule has 0 heterocycles. The lowest BCUT2D eigenvalue weighted by Gasteiger charge is -2.07. The van der Waals surface area contributed by atoms with Gasteiger partial charge < -0.3 is 14.9 Å². The lowest BCUT2D eigenvalue weighted by Crippen LogP contribution is -2.16. The third-order valence-electron chi connectivity index (χ3n) is 2.79. The van der Waals surface area contributed by atoms with Gasteiger partial charge in [-0.05, 0) is 37.3 Å². The summed E-state index contributed by atoms with van der Waals surface area (Å²) in [6.45, 7) is 2.23. The number of carbonyl (C=O) groups excluding carboxylic acids is 1. The van der Waals surface area contributed by atoms with E-state index >= 15 is 0 Å². The van der Waals surface area contributed by atoms with E-state index in [1.807, 2.05) is 25.1 Å². The molecule has 0 aliphatic rings. The lowest BCUT2D eigenvalue weighted by molar-refractivity contribution is -0.120. The number of rotatable bonds is 7. The van der Waals surface area contributed by atoms with Crippen LogP contribution in [0.5, 0.6) is 5.75 Å². The van der Waals surface area contributed by atoms with Gasteiger partial charge in [0.2, 0.25) is 0 Å². The molecule has 0 radical (unpaired) electrons. The first-order chi connectivity index (χ1) is 11.2. The number of carbonyl (C=O) groups is 1. The van der Waals surface area contributed by atoms with E-state index in [1.165, 1.54) is 6.21 Å². The van der Waals surface area contributed by atoms with Crippen LogP contribution in [0.1, 0.15) is 12.5 Å². The van der Waals surface area contributed by atoms with Gasteiger partial charge in [-0.1, -0.05) is 35.0 Å². The summed E-state index contributed by atoms with van der Waals surface area (Å²) >= 11 is 5.95. The van der Waals surface area contributed by atoms with Crippen LogP contribution >= 0.6 is 11.6 Å². The number of anilines is 1. The van der Waals surface area contributed by atoms with Gasteiger partial charge in [-0.15, -0.1) is 0 Å². The fourth-order valence-corrected chi connectivity index (χ4v) is 2.00. The normalized spacial score (nSPS) is 10.5. The Morgan fingerprint density at radius 3 is 2.78 bits per heavy atom. The summed E-state index contributed by atoms with van der Waals surface area (Å²) in [5.74, 6) is 0.363. The molecule has 0 unspecified atom stereocenters. The number of oxime groups is 1. The molecule has 0 saturated heterocycles. The second-order valence-corrected chi connectivity index (χ2v) is 4.97. The lowest BCUT2D eigenvalue weighted by atomic mass is 10.2. The van der Waals surface area contributed by atoms with Crippen molar-refractivity contribution in [1.82, 2.24) is 0 Å². The van der Waals surface area contributed by atoms with Gasteiger partial charge in [0.1, 0.15) is 5.75 Å². The average Bonchev–Trinajstić information content (AvgIpc) is 2.55. The number of hydrogen-bond acceptors (Lipinski definition) is 4. The van der Waals surface area contributed by atoms with Crippen LogP contribution in [0.15, 0.2) is 53.7 Å². The summed E-state index contributed by atoms with van der Waals surface area (Å²) in [5.41, 5.74) is 1.39. The first kappa shape index (κ1) is 16.8. The molecule has 2 aromatic carbocycles. The Balaban J connectivity index is 1.87. The van der Waals surface area contributed by atoms with Gasteiger partial charge >= 0.3 is 0 Å². The summed E-state index contributed by atoms with van der Waals surface area (Å²) in [5, 5.41) is 7.05. The van der Waals surface area contributed by atoms with E-state index in [-0.39, 0.29) is 12.5 Å². The highest BCUT2D eigenvalue weighted by atomic mass is 35.5. The van der Waals surface area contributed by atoms with Crippen LogP contribution in [0.4, 0.5) is 5.69 Å². The number of halogens is 1. The van der Waals surface area contributed by atoms with Crippen LogP contribution in [0.2, 0.25) is 5.02 Å². The first-order valence-corrected chi connectivity index (χ1v) is 7.49. The first-order valence-electron chi connectivity index (χ1n) is 7.11. The molecular weight excluding hydrogens is 316 g/mol. The van der Waals surface area contributed by atoms with Gasteiger partial charge in [-0.2, -0.15) is 0 Å². The molecule has 2 rings (SSSR count). The van der Waals surface area contributed by atoms with Crippen LogP contribution in [0, 0.1) is 0 Å². The van der Waals surface area contributed by atoms with Crippen molar-refractivity contribution in [1.29, 1.82) is 0 Å². The molecule has 120 valence electrons. The van der Waals surface area contributed by atoms with Crippen molar-refractivity contribution < 1.29 is 14.4 Å². The fraction of sp³-hybridized carbons (Fsp3) is 0.176. The fourth-order valence-electron chi connectivity index (χ4n) is 1.82. The van der Waals surface area contributed by atoms with Crippen LogP contribution in [-0.4, -0.2) is 25.3 Å². The molecule has 6 heteroatoms. The Bertz CT molecular complexity index is 675. The second kappa shape index (κ2) is 8.80. The van der Waals surface area contributed by atoms with Crippen molar-refractivity contribution in [2.24, 2.45) is 5.16 Å². The number of para-hydroxylation sites is 1. The van der Waals surface area contributed by atoms with Gasteiger partial charge in [0.25, 0.3) is 5.91 Å². The molecule has 0 atom stereocenters. The largest absolute Gasteiger partial charge is 0.493 e. The van der Waals surface area contributed by atoms with Gasteiger partial charge in [-0.3, -0.25) is 4.79 Å². The zero-order valence-corrected chi connectivity index (χ0v) is 13.4. The maximum Gasteiger partial charge on any atom is 0.265 e. The smallest absolute Gasteiger partial charge is 0.265 e. The highest BCUT2D eigenvalue weighted by Crippen LogP contribution is 2.21. The van der Waals surface area contributed by atoms with Crippen molar-refractivity contribution >= 4 is 29.4 Å². The van der Waals surface area contributed by atoms with Crippen LogP contribution in [0.3, 0.4) is 0 Å². The zero-order valence-electron chi connectivity index (χ0n) is 12.7. The monoisotopic (exact) mass is 332 g/mol. The highest BCUT2D eigenvalue weighted by Gasteiger charge is 2.04. The van der Waals surface area contributed by atoms with E-state index in [1.54, 1.807) is 30.3 Å². The Hall–Kier alpha value is -2.53.